The van der Waals surface area contributed by atoms with E-state index < -0.39 is 11.9 Å². The van der Waals surface area contributed by atoms with Crippen LogP contribution in [0.5, 0.6) is 0 Å². The fourth-order valence-electron chi connectivity index (χ4n) is 3.75. The summed E-state index contributed by atoms with van der Waals surface area (Å²) in [6, 6.07) is 5.33. The SMILES string of the molecule is CC(C)n1ncc2c(C(=O)N3C[C@@H](C)[C@H](C(=O)O)C3)cc(-c3ccco3)nc21. The highest BCUT2D eigenvalue weighted by atomic mass is 16.4. The van der Waals surface area contributed by atoms with E-state index in [9.17, 15) is 14.7 Å². The molecule has 0 aliphatic carbocycles. The van der Waals surface area contributed by atoms with E-state index >= 15 is 0 Å². The third-order valence-electron chi connectivity index (χ3n) is 5.28. The number of rotatable bonds is 4. The monoisotopic (exact) mass is 382 g/mol. The molecule has 1 aliphatic rings. The molecule has 1 fully saturated rings. The van der Waals surface area contributed by atoms with Crippen molar-refractivity contribution in [1.29, 1.82) is 0 Å². The number of pyridine rings is 1. The normalized spacial score (nSPS) is 19.6. The maximum absolute atomic E-state index is 13.3. The van der Waals surface area contributed by atoms with Gasteiger partial charge in [-0.3, -0.25) is 9.59 Å². The summed E-state index contributed by atoms with van der Waals surface area (Å²) in [5.74, 6) is -1.16. The van der Waals surface area contributed by atoms with Crippen molar-refractivity contribution in [2.45, 2.75) is 26.8 Å². The highest BCUT2D eigenvalue weighted by molar-refractivity contribution is 6.06. The van der Waals surface area contributed by atoms with E-state index in [1.165, 1.54) is 0 Å². The van der Waals surface area contributed by atoms with Crippen LogP contribution in [-0.2, 0) is 4.79 Å². The maximum atomic E-state index is 13.3. The topological polar surface area (TPSA) is 101 Å². The Labute approximate surface area is 161 Å². The third-order valence-corrected chi connectivity index (χ3v) is 5.28. The zero-order valence-corrected chi connectivity index (χ0v) is 16.0. The van der Waals surface area contributed by atoms with Gasteiger partial charge in [-0.05, 0) is 38.0 Å². The first-order chi connectivity index (χ1) is 13.4. The Hall–Kier alpha value is -3.16. The quantitative estimate of drug-likeness (QED) is 0.744. The molecule has 4 heterocycles. The number of hydrogen-bond donors (Lipinski definition) is 1. The summed E-state index contributed by atoms with van der Waals surface area (Å²) in [5.41, 5.74) is 1.61. The summed E-state index contributed by atoms with van der Waals surface area (Å²) < 4.78 is 7.25. The lowest BCUT2D eigenvalue weighted by molar-refractivity contribution is -0.142. The molecule has 146 valence electrons. The van der Waals surface area contributed by atoms with E-state index in [1.807, 2.05) is 20.8 Å². The Kier molecular flexibility index (Phi) is 4.41. The second-order valence-electron chi connectivity index (χ2n) is 7.58. The van der Waals surface area contributed by atoms with E-state index in [2.05, 4.69) is 10.1 Å². The van der Waals surface area contributed by atoms with Crippen molar-refractivity contribution in [3.63, 3.8) is 0 Å². The molecule has 8 nitrogen and oxygen atoms in total. The maximum Gasteiger partial charge on any atom is 0.308 e. The summed E-state index contributed by atoms with van der Waals surface area (Å²) in [5, 5.41) is 14.4. The fourth-order valence-corrected chi connectivity index (χ4v) is 3.75. The van der Waals surface area contributed by atoms with Gasteiger partial charge in [0.2, 0.25) is 0 Å². The summed E-state index contributed by atoms with van der Waals surface area (Å²) in [6.07, 6.45) is 3.21. The van der Waals surface area contributed by atoms with Gasteiger partial charge in [0.05, 0.1) is 29.3 Å². The zero-order chi connectivity index (χ0) is 20.0. The van der Waals surface area contributed by atoms with Crippen molar-refractivity contribution in [1.82, 2.24) is 19.7 Å². The van der Waals surface area contributed by atoms with Crippen LogP contribution in [-0.4, -0.2) is 49.7 Å². The van der Waals surface area contributed by atoms with Crippen LogP contribution >= 0.6 is 0 Å². The molecule has 0 bridgehead atoms. The average Bonchev–Trinajstić information content (AvgIpc) is 3.38. The van der Waals surface area contributed by atoms with Gasteiger partial charge in [-0.15, -0.1) is 0 Å². The van der Waals surface area contributed by atoms with Gasteiger partial charge in [0, 0.05) is 19.1 Å². The van der Waals surface area contributed by atoms with Crippen molar-refractivity contribution in [3.05, 3.63) is 36.2 Å². The predicted octanol–water partition coefficient (Wildman–Crippen LogP) is 3.06. The molecular formula is C20H22N4O4. The minimum atomic E-state index is -0.869. The van der Waals surface area contributed by atoms with Gasteiger partial charge in [0.15, 0.2) is 11.4 Å². The van der Waals surface area contributed by atoms with Crippen LogP contribution in [0.3, 0.4) is 0 Å². The molecule has 4 rings (SSSR count). The standard InChI is InChI=1S/C20H22N4O4/c1-11(2)24-18-14(8-21-24)13(7-16(22-18)17-5-4-6-28-17)19(25)23-9-12(3)15(10-23)20(26)27/h4-8,11-12,15H,9-10H2,1-3H3,(H,26,27)/t12-,15-/m1/s1. The van der Waals surface area contributed by atoms with E-state index in [0.717, 1.165) is 0 Å². The number of nitrogens with zero attached hydrogens (tertiary/aromatic N) is 4. The van der Waals surface area contributed by atoms with Crippen LogP contribution in [0.1, 0.15) is 37.2 Å². The summed E-state index contributed by atoms with van der Waals surface area (Å²) in [6.45, 7) is 6.46. The molecule has 1 aliphatic heterocycles. The van der Waals surface area contributed by atoms with Gasteiger partial charge in [-0.2, -0.15) is 5.10 Å². The highest BCUT2D eigenvalue weighted by Crippen LogP contribution is 2.30. The second-order valence-corrected chi connectivity index (χ2v) is 7.58. The molecule has 0 spiro atoms. The van der Waals surface area contributed by atoms with E-state index in [0.29, 0.717) is 34.6 Å². The lowest BCUT2D eigenvalue weighted by Gasteiger charge is -2.17. The van der Waals surface area contributed by atoms with Crippen molar-refractivity contribution in [3.8, 4) is 11.5 Å². The van der Waals surface area contributed by atoms with E-state index in [-0.39, 0.29) is 24.4 Å². The number of carbonyl (C=O) groups is 2. The average molecular weight is 382 g/mol. The smallest absolute Gasteiger partial charge is 0.308 e. The van der Waals surface area contributed by atoms with E-state index in [4.69, 9.17) is 4.42 Å². The molecule has 28 heavy (non-hydrogen) atoms. The first kappa shape index (κ1) is 18.2. The second kappa shape index (κ2) is 6.78. The van der Waals surface area contributed by atoms with Gasteiger partial charge in [0.25, 0.3) is 5.91 Å². The van der Waals surface area contributed by atoms with Gasteiger partial charge < -0.3 is 14.4 Å². The van der Waals surface area contributed by atoms with Gasteiger partial charge in [0.1, 0.15) is 5.69 Å². The molecule has 1 N–H and O–H groups in total. The summed E-state index contributed by atoms with van der Waals surface area (Å²) in [4.78, 5) is 31.0. The summed E-state index contributed by atoms with van der Waals surface area (Å²) >= 11 is 0. The third kappa shape index (κ3) is 2.94. The number of carbonyl (C=O) groups excluding carboxylic acids is 1. The van der Waals surface area contributed by atoms with E-state index in [1.54, 1.807) is 40.2 Å². The number of carboxylic acid groups (broad SMARTS) is 1. The summed E-state index contributed by atoms with van der Waals surface area (Å²) in [7, 11) is 0. The predicted molar refractivity (Wildman–Crippen MR) is 102 cm³/mol. The molecule has 0 radical (unpaired) electrons. The van der Waals surface area contributed by atoms with Crippen LogP contribution in [0.15, 0.2) is 35.1 Å². The lowest BCUT2D eigenvalue weighted by Crippen LogP contribution is -2.30. The lowest BCUT2D eigenvalue weighted by atomic mass is 9.99. The molecule has 3 aromatic rings. The van der Waals surface area contributed by atoms with Crippen LogP contribution in [0.25, 0.3) is 22.5 Å². The van der Waals surface area contributed by atoms with Crippen molar-refractivity contribution in [2.24, 2.45) is 11.8 Å². The first-order valence-corrected chi connectivity index (χ1v) is 9.31. The Bertz CT molecular complexity index is 1040. The highest BCUT2D eigenvalue weighted by Gasteiger charge is 2.38. The molecule has 2 atom stereocenters. The van der Waals surface area contributed by atoms with Crippen LogP contribution in [0.4, 0.5) is 0 Å². The molecule has 0 unspecified atom stereocenters. The zero-order valence-electron chi connectivity index (χ0n) is 16.0. The number of furan rings is 1. The number of aromatic nitrogens is 3. The number of hydrogen-bond acceptors (Lipinski definition) is 5. The fraction of sp³-hybridized carbons (Fsp3) is 0.400. The number of likely N-dealkylation sites (tertiary alicyclic amines) is 1. The van der Waals surface area contributed by atoms with Crippen molar-refractivity contribution in [2.75, 3.05) is 13.1 Å². The molecule has 3 aromatic heterocycles. The molecule has 0 aromatic carbocycles. The Balaban J connectivity index is 1.82. The minimum Gasteiger partial charge on any atom is -0.481 e. The van der Waals surface area contributed by atoms with Gasteiger partial charge >= 0.3 is 5.97 Å². The van der Waals surface area contributed by atoms with Crippen LogP contribution in [0.2, 0.25) is 0 Å². The number of aliphatic carboxylic acids is 1. The van der Waals surface area contributed by atoms with Gasteiger partial charge in [-0.1, -0.05) is 6.92 Å². The number of amides is 1. The van der Waals surface area contributed by atoms with Crippen LogP contribution in [0, 0.1) is 11.8 Å². The minimum absolute atomic E-state index is 0.0722. The Morgan fingerprint density at radius 3 is 2.71 bits per heavy atom. The molecule has 8 heteroatoms. The van der Waals surface area contributed by atoms with Crippen LogP contribution < -0.4 is 0 Å². The Morgan fingerprint density at radius 1 is 1.32 bits per heavy atom. The van der Waals surface area contributed by atoms with Gasteiger partial charge in [-0.25, -0.2) is 9.67 Å². The largest absolute Gasteiger partial charge is 0.481 e. The molecule has 0 saturated carbocycles. The molecule has 1 saturated heterocycles. The van der Waals surface area contributed by atoms with Crippen molar-refractivity contribution < 1.29 is 19.1 Å². The first-order valence-electron chi connectivity index (χ1n) is 9.31. The number of carboxylic acids is 1. The number of fused-ring (bicyclic) bond motifs is 1. The Morgan fingerprint density at radius 2 is 2.11 bits per heavy atom. The molecular weight excluding hydrogens is 360 g/mol. The molecule has 1 amide bonds. The van der Waals surface area contributed by atoms with Crippen molar-refractivity contribution >= 4 is 22.9 Å².